The van der Waals surface area contributed by atoms with Gasteiger partial charge in [-0.2, -0.15) is 0 Å². The quantitative estimate of drug-likeness (QED) is 0.168. The van der Waals surface area contributed by atoms with Crippen molar-refractivity contribution in [1.82, 2.24) is 4.90 Å². The third-order valence-electron chi connectivity index (χ3n) is 8.19. The molecule has 0 spiro atoms. The molecule has 0 aliphatic carbocycles. The summed E-state index contributed by atoms with van der Waals surface area (Å²) in [6.07, 6.45) is 0. The van der Waals surface area contributed by atoms with E-state index in [2.05, 4.69) is 73.3 Å². The molecule has 0 saturated heterocycles. The summed E-state index contributed by atoms with van der Waals surface area (Å²) in [5.74, 6) is 1.73. The Morgan fingerprint density at radius 1 is 0.545 bits per heavy atom. The van der Waals surface area contributed by atoms with Crippen LogP contribution in [0.25, 0.3) is 0 Å². The van der Waals surface area contributed by atoms with Crippen molar-refractivity contribution in [3.05, 3.63) is 131 Å². The van der Waals surface area contributed by atoms with E-state index in [-0.39, 0.29) is 23.3 Å². The molecule has 0 radical (unpaired) electrons. The molecule has 4 aromatic carbocycles. The zero-order valence-corrected chi connectivity index (χ0v) is 27.6. The van der Waals surface area contributed by atoms with Crippen LogP contribution in [0.2, 0.25) is 0 Å². The molecule has 2 atom stereocenters. The van der Waals surface area contributed by atoms with Gasteiger partial charge >= 0.3 is 0 Å². The fourth-order valence-electron chi connectivity index (χ4n) is 5.16. The van der Waals surface area contributed by atoms with Gasteiger partial charge in [-0.25, -0.2) is 0 Å². The number of hydrogen-bond donors (Lipinski definition) is 1. The van der Waals surface area contributed by atoms with Gasteiger partial charge in [0.2, 0.25) is 0 Å². The fraction of sp³-hybridized carbons (Fsp3) is 0.368. The largest absolute Gasteiger partial charge is 0.497 e. The molecule has 0 bridgehead atoms. The van der Waals surface area contributed by atoms with Crippen molar-refractivity contribution in [3.63, 3.8) is 0 Å². The summed E-state index contributed by atoms with van der Waals surface area (Å²) in [5, 5.41) is 0. The Hall–Kier alpha value is -3.68. The normalized spacial score (nSPS) is 13.0. The lowest BCUT2D eigenvalue weighted by molar-refractivity contribution is -0.0608. The van der Waals surface area contributed by atoms with Gasteiger partial charge in [0.15, 0.2) is 0 Å². The van der Waals surface area contributed by atoms with Gasteiger partial charge in [-0.3, -0.25) is 4.90 Å². The van der Waals surface area contributed by atoms with Crippen LogP contribution in [0, 0.1) is 0 Å². The maximum Gasteiger partial charge on any atom is 0.118 e. The first-order chi connectivity index (χ1) is 21.0. The molecule has 0 aromatic heterocycles. The predicted molar refractivity (Wildman–Crippen MR) is 180 cm³/mol. The van der Waals surface area contributed by atoms with E-state index in [1.54, 1.807) is 28.4 Å². The zero-order valence-electron chi connectivity index (χ0n) is 27.6. The van der Waals surface area contributed by atoms with Crippen LogP contribution in [-0.2, 0) is 22.6 Å². The highest BCUT2D eigenvalue weighted by Crippen LogP contribution is 2.36. The zero-order chi connectivity index (χ0) is 32.2. The first kappa shape index (κ1) is 34.8. The number of rotatable bonds is 13. The number of methoxy groups -OCH3 is 4. The SMILES string of the molecule is COC(C)(C)[C@@H](N)c1ccccc1.COc1ccc(CN(Cc2ccc(OC)cc2)[C@@H](c2ccccc2)C(C)(C)OC)cc1. The number of nitrogens with zero attached hydrogens (tertiary/aromatic N) is 1. The molecule has 4 rings (SSSR count). The van der Waals surface area contributed by atoms with Crippen LogP contribution in [0.5, 0.6) is 11.5 Å². The summed E-state index contributed by atoms with van der Waals surface area (Å²) in [6, 6.07) is 37.1. The van der Waals surface area contributed by atoms with Crippen molar-refractivity contribution in [2.45, 2.75) is 64.1 Å². The van der Waals surface area contributed by atoms with E-state index in [4.69, 9.17) is 24.7 Å². The van der Waals surface area contributed by atoms with Crippen LogP contribution in [-0.4, -0.2) is 44.5 Å². The van der Waals surface area contributed by atoms with E-state index in [1.165, 1.54) is 16.7 Å². The number of ether oxygens (including phenoxy) is 4. The smallest absolute Gasteiger partial charge is 0.118 e. The second-order valence-corrected chi connectivity index (χ2v) is 11.9. The molecule has 236 valence electrons. The average molecular weight is 599 g/mol. The van der Waals surface area contributed by atoms with E-state index in [1.807, 2.05) is 68.4 Å². The van der Waals surface area contributed by atoms with Crippen LogP contribution < -0.4 is 15.2 Å². The average Bonchev–Trinajstić information content (AvgIpc) is 3.06. The second-order valence-electron chi connectivity index (χ2n) is 11.9. The Labute approximate surface area is 264 Å². The van der Waals surface area contributed by atoms with E-state index in [0.29, 0.717) is 0 Å². The lowest BCUT2D eigenvalue weighted by Crippen LogP contribution is -2.43. The van der Waals surface area contributed by atoms with Crippen LogP contribution in [0.4, 0.5) is 0 Å². The highest BCUT2D eigenvalue weighted by molar-refractivity contribution is 5.30. The van der Waals surface area contributed by atoms with Gasteiger partial charge in [0.05, 0.1) is 37.5 Å². The molecule has 6 nitrogen and oxygen atoms in total. The van der Waals surface area contributed by atoms with Gasteiger partial charge in [-0.05, 0) is 74.2 Å². The van der Waals surface area contributed by atoms with Crippen LogP contribution in [0.1, 0.15) is 62.0 Å². The summed E-state index contributed by atoms with van der Waals surface area (Å²) in [6.45, 7) is 9.85. The molecule has 0 saturated carbocycles. The number of benzene rings is 4. The standard InChI is InChI=1S/C27H33NO3.C11H17NO/c1-27(2,31-5)26(23-9-7-6-8-10-23)28(19-21-11-15-24(29-3)16-12-21)20-22-13-17-25(30-4)18-14-22;1-11(2,13-3)10(12)9-7-5-4-6-8-9/h6-18,26H,19-20H2,1-5H3;4-8,10H,12H2,1-3H3/t26-;10-/m00/s1. The number of hydrogen-bond acceptors (Lipinski definition) is 6. The van der Waals surface area contributed by atoms with Gasteiger partial charge in [0.1, 0.15) is 11.5 Å². The third-order valence-corrected chi connectivity index (χ3v) is 8.19. The monoisotopic (exact) mass is 598 g/mol. The van der Waals surface area contributed by atoms with Crippen molar-refractivity contribution >= 4 is 0 Å². The predicted octanol–water partition coefficient (Wildman–Crippen LogP) is 7.98. The maximum absolute atomic E-state index is 6.06. The van der Waals surface area contributed by atoms with Crippen molar-refractivity contribution in [2.24, 2.45) is 5.73 Å². The highest BCUT2D eigenvalue weighted by atomic mass is 16.5. The van der Waals surface area contributed by atoms with Gasteiger partial charge in [-0.15, -0.1) is 0 Å². The molecular formula is C38H50N2O4. The first-order valence-electron chi connectivity index (χ1n) is 15.0. The second kappa shape index (κ2) is 16.4. The van der Waals surface area contributed by atoms with Crippen molar-refractivity contribution in [3.8, 4) is 11.5 Å². The molecule has 0 amide bonds. The minimum atomic E-state index is -0.389. The topological polar surface area (TPSA) is 66.2 Å². The van der Waals surface area contributed by atoms with Crippen molar-refractivity contribution < 1.29 is 18.9 Å². The Bertz CT molecular complexity index is 1310. The molecule has 0 unspecified atom stereocenters. The molecule has 0 heterocycles. The summed E-state index contributed by atoms with van der Waals surface area (Å²) < 4.78 is 22.0. The molecule has 0 aliphatic rings. The molecular weight excluding hydrogens is 548 g/mol. The van der Waals surface area contributed by atoms with E-state index < -0.39 is 0 Å². The van der Waals surface area contributed by atoms with Crippen LogP contribution in [0.3, 0.4) is 0 Å². The summed E-state index contributed by atoms with van der Waals surface area (Å²) in [5.41, 5.74) is 10.1. The Balaban J connectivity index is 0.000000340. The maximum atomic E-state index is 6.06. The van der Waals surface area contributed by atoms with Gasteiger partial charge in [0, 0.05) is 27.3 Å². The molecule has 44 heavy (non-hydrogen) atoms. The van der Waals surface area contributed by atoms with Crippen molar-refractivity contribution in [1.29, 1.82) is 0 Å². The first-order valence-corrected chi connectivity index (χ1v) is 15.0. The van der Waals surface area contributed by atoms with Crippen LogP contribution >= 0.6 is 0 Å². The lowest BCUT2D eigenvalue weighted by Gasteiger charge is -2.42. The molecule has 0 fully saturated rings. The van der Waals surface area contributed by atoms with Crippen molar-refractivity contribution in [2.75, 3.05) is 28.4 Å². The van der Waals surface area contributed by atoms with Gasteiger partial charge < -0.3 is 24.7 Å². The third kappa shape index (κ3) is 9.66. The minimum absolute atomic E-state index is 0.0582. The Morgan fingerprint density at radius 3 is 1.30 bits per heavy atom. The number of nitrogens with two attached hydrogens (primary N) is 1. The van der Waals surface area contributed by atoms with E-state index >= 15 is 0 Å². The van der Waals surface area contributed by atoms with Gasteiger partial charge in [-0.1, -0.05) is 84.9 Å². The van der Waals surface area contributed by atoms with Gasteiger partial charge in [0.25, 0.3) is 0 Å². The molecule has 6 heteroatoms. The molecule has 0 aliphatic heterocycles. The highest BCUT2D eigenvalue weighted by Gasteiger charge is 2.36. The van der Waals surface area contributed by atoms with E-state index in [0.717, 1.165) is 30.2 Å². The van der Waals surface area contributed by atoms with Crippen LogP contribution in [0.15, 0.2) is 109 Å². The summed E-state index contributed by atoms with van der Waals surface area (Å²) in [7, 11) is 6.85. The molecule has 4 aromatic rings. The Morgan fingerprint density at radius 2 is 0.932 bits per heavy atom. The minimum Gasteiger partial charge on any atom is -0.497 e. The van der Waals surface area contributed by atoms with E-state index in [9.17, 15) is 0 Å². The summed E-state index contributed by atoms with van der Waals surface area (Å²) in [4.78, 5) is 2.47. The lowest BCUT2D eigenvalue weighted by atomic mass is 9.89. The molecule has 2 N–H and O–H groups in total. The summed E-state index contributed by atoms with van der Waals surface area (Å²) >= 11 is 0. The Kier molecular flexibility index (Phi) is 13.0. The fourth-order valence-corrected chi connectivity index (χ4v) is 5.16.